The Morgan fingerprint density at radius 3 is 1.01 bits per heavy atom. The molecule has 0 aliphatic heterocycles. The van der Waals surface area contributed by atoms with E-state index < -0.39 is 26.5 Å². The first-order valence-electron chi connectivity index (χ1n) is 33.0. The van der Waals surface area contributed by atoms with Gasteiger partial charge in [0, 0.05) is 19.4 Å². The molecule has 0 aromatic heterocycles. The summed E-state index contributed by atoms with van der Waals surface area (Å²) in [6.45, 7) is 3.64. The van der Waals surface area contributed by atoms with Crippen molar-refractivity contribution in [3.63, 3.8) is 0 Å². The quantitative estimate of drug-likeness (QED) is 0.0264. The Morgan fingerprint density at radius 2 is 0.679 bits per heavy atom. The fourth-order valence-corrected chi connectivity index (χ4v) is 9.78. The second kappa shape index (κ2) is 65.6. The van der Waals surface area contributed by atoms with Crippen LogP contribution in [0.3, 0.4) is 0 Å². The van der Waals surface area contributed by atoms with E-state index in [-0.39, 0.29) is 38.6 Å². The van der Waals surface area contributed by atoms with Crippen LogP contribution in [-0.2, 0) is 32.7 Å². The van der Waals surface area contributed by atoms with E-state index in [0.717, 1.165) is 109 Å². The number of hydrogen-bond acceptors (Lipinski definition) is 8. The van der Waals surface area contributed by atoms with Gasteiger partial charge in [0.15, 0.2) is 6.10 Å². The number of unbranched alkanes of at least 4 members (excludes halogenated alkanes) is 28. The molecule has 0 spiro atoms. The summed E-state index contributed by atoms with van der Waals surface area (Å²) in [6.07, 6.45) is 91.3. The first kappa shape index (κ1) is 77.4. The van der Waals surface area contributed by atoms with Crippen molar-refractivity contribution in [1.29, 1.82) is 0 Å². The first-order valence-corrected chi connectivity index (χ1v) is 34.5. The molecule has 0 radical (unpaired) electrons. The average Bonchev–Trinajstić information content (AvgIpc) is 3.46. The molecule has 2 unspecified atom stereocenters. The Balaban J connectivity index is 3.97. The molecule has 0 aromatic rings. The normalized spacial score (nSPS) is 13.8. The molecule has 0 fully saturated rings. The SMILES string of the molecule is CC/C=C\C/C=C\C/C=C\C/C=C\C/C=C\C/C=C\C/C=C\C/C=C\C/C=C\C/C=C\CCCCCCCCCCC(=O)OC(COC(=O)CCCCCCCCCCCCCCCCCCCCCCC)COP(=O)(O)OCCN. The van der Waals surface area contributed by atoms with Crippen LogP contribution in [0, 0.1) is 0 Å². The van der Waals surface area contributed by atoms with E-state index in [4.69, 9.17) is 24.3 Å². The van der Waals surface area contributed by atoms with E-state index in [9.17, 15) is 19.0 Å². The Hall–Kier alpha value is -3.59. The van der Waals surface area contributed by atoms with Crippen LogP contribution in [0.15, 0.2) is 122 Å². The van der Waals surface area contributed by atoms with Gasteiger partial charge in [-0.25, -0.2) is 4.57 Å². The molecule has 81 heavy (non-hydrogen) atoms. The van der Waals surface area contributed by atoms with Crippen molar-refractivity contribution in [2.45, 2.75) is 290 Å². The smallest absolute Gasteiger partial charge is 0.462 e. The predicted octanol–water partition coefficient (Wildman–Crippen LogP) is 21.5. The van der Waals surface area contributed by atoms with Gasteiger partial charge in [-0.1, -0.05) is 302 Å². The van der Waals surface area contributed by atoms with E-state index in [1.165, 1.54) is 141 Å². The van der Waals surface area contributed by atoms with Crippen LogP contribution in [0.1, 0.15) is 284 Å². The van der Waals surface area contributed by atoms with Gasteiger partial charge in [-0.15, -0.1) is 0 Å². The molecule has 0 saturated carbocycles. The molecule has 10 heteroatoms. The summed E-state index contributed by atoms with van der Waals surface area (Å²) in [5, 5.41) is 0. The number of rotatable bonds is 61. The topological polar surface area (TPSA) is 134 Å². The summed E-state index contributed by atoms with van der Waals surface area (Å²) in [5.74, 6) is -0.833. The summed E-state index contributed by atoms with van der Waals surface area (Å²) >= 11 is 0. The monoisotopic (exact) mass is 1150 g/mol. The van der Waals surface area contributed by atoms with Crippen LogP contribution in [-0.4, -0.2) is 49.3 Å². The molecule has 0 rings (SSSR count). The number of hydrogen-bond donors (Lipinski definition) is 2. The molecule has 9 nitrogen and oxygen atoms in total. The average molecular weight is 1150 g/mol. The van der Waals surface area contributed by atoms with Gasteiger partial charge in [0.2, 0.25) is 0 Å². The van der Waals surface area contributed by atoms with Crippen LogP contribution in [0.5, 0.6) is 0 Å². The first-order chi connectivity index (χ1) is 39.8. The highest BCUT2D eigenvalue weighted by molar-refractivity contribution is 7.47. The maximum Gasteiger partial charge on any atom is 0.472 e. The minimum atomic E-state index is -4.40. The number of esters is 2. The Morgan fingerprint density at radius 1 is 0.383 bits per heavy atom. The van der Waals surface area contributed by atoms with Crippen molar-refractivity contribution in [2.75, 3.05) is 26.4 Å². The maximum absolute atomic E-state index is 12.7. The van der Waals surface area contributed by atoms with Gasteiger partial charge < -0.3 is 20.1 Å². The lowest BCUT2D eigenvalue weighted by Crippen LogP contribution is -2.29. The van der Waals surface area contributed by atoms with Crippen LogP contribution in [0.25, 0.3) is 0 Å². The molecule has 0 aromatic carbocycles. The minimum absolute atomic E-state index is 0.0481. The highest BCUT2D eigenvalue weighted by Gasteiger charge is 2.26. The van der Waals surface area contributed by atoms with Crippen molar-refractivity contribution >= 4 is 19.8 Å². The van der Waals surface area contributed by atoms with Gasteiger partial charge in [0.05, 0.1) is 13.2 Å². The lowest BCUT2D eigenvalue weighted by atomic mass is 10.0. The molecular formula is C71H122NO8P. The molecule has 3 N–H and O–H groups in total. The van der Waals surface area contributed by atoms with Crippen molar-refractivity contribution < 1.29 is 37.6 Å². The van der Waals surface area contributed by atoms with Crippen molar-refractivity contribution in [1.82, 2.24) is 0 Å². The van der Waals surface area contributed by atoms with E-state index in [2.05, 4.69) is 135 Å². The zero-order valence-electron chi connectivity index (χ0n) is 52.0. The van der Waals surface area contributed by atoms with Crippen molar-refractivity contribution in [2.24, 2.45) is 5.73 Å². The lowest BCUT2D eigenvalue weighted by molar-refractivity contribution is -0.161. The van der Waals surface area contributed by atoms with Gasteiger partial charge in [0.1, 0.15) is 6.61 Å². The third-order valence-electron chi connectivity index (χ3n) is 13.9. The third kappa shape index (κ3) is 65.4. The fourth-order valence-electron chi connectivity index (χ4n) is 9.02. The third-order valence-corrected chi connectivity index (χ3v) is 14.8. The van der Waals surface area contributed by atoms with E-state index in [1.807, 2.05) is 0 Å². The zero-order valence-corrected chi connectivity index (χ0v) is 52.9. The fraction of sp³-hybridized carbons (Fsp3) is 0.690. The highest BCUT2D eigenvalue weighted by Crippen LogP contribution is 2.43. The van der Waals surface area contributed by atoms with E-state index in [0.29, 0.717) is 6.42 Å². The molecule has 0 saturated heterocycles. The molecular weight excluding hydrogens is 1030 g/mol. The second-order valence-electron chi connectivity index (χ2n) is 21.6. The lowest BCUT2D eigenvalue weighted by Gasteiger charge is -2.19. The number of phosphoric acid groups is 1. The molecule has 464 valence electrons. The van der Waals surface area contributed by atoms with E-state index in [1.54, 1.807) is 0 Å². The molecule has 0 aliphatic carbocycles. The Kier molecular flexibility index (Phi) is 62.7. The number of nitrogens with two attached hydrogens (primary N) is 1. The molecule has 0 bridgehead atoms. The van der Waals surface area contributed by atoms with Gasteiger partial charge in [-0.3, -0.25) is 18.6 Å². The maximum atomic E-state index is 12.7. The van der Waals surface area contributed by atoms with Gasteiger partial charge in [-0.05, 0) is 89.9 Å². The number of allylic oxidation sites excluding steroid dienone is 20. The summed E-state index contributed by atoms with van der Waals surface area (Å²) < 4.78 is 33.1. The minimum Gasteiger partial charge on any atom is -0.462 e. The van der Waals surface area contributed by atoms with Crippen LogP contribution in [0.4, 0.5) is 0 Å². The van der Waals surface area contributed by atoms with Gasteiger partial charge >= 0.3 is 19.8 Å². The van der Waals surface area contributed by atoms with Crippen molar-refractivity contribution in [3.8, 4) is 0 Å². The van der Waals surface area contributed by atoms with Crippen LogP contribution >= 0.6 is 7.82 Å². The number of ether oxygens (including phenoxy) is 2. The van der Waals surface area contributed by atoms with E-state index >= 15 is 0 Å². The molecule has 0 heterocycles. The summed E-state index contributed by atoms with van der Waals surface area (Å²) in [4.78, 5) is 35.3. The summed E-state index contributed by atoms with van der Waals surface area (Å²) in [7, 11) is -4.40. The molecule has 0 aliphatic rings. The highest BCUT2D eigenvalue weighted by atomic mass is 31.2. The number of phosphoric ester groups is 1. The second-order valence-corrected chi connectivity index (χ2v) is 23.1. The largest absolute Gasteiger partial charge is 0.472 e. The van der Waals surface area contributed by atoms with Gasteiger partial charge in [-0.2, -0.15) is 0 Å². The summed E-state index contributed by atoms with van der Waals surface area (Å²) in [5.41, 5.74) is 5.39. The van der Waals surface area contributed by atoms with Crippen LogP contribution in [0.2, 0.25) is 0 Å². The Labute approximate surface area is 498 Å². The van der Waals surface area contributed by atoms with Crippen LogP contribution < -0.4 is 5.73 Å². The zero-order chi connectivity index (χ0) is 58.7. The number of carbonyl (C=O) groups excluding carboxylic acids is 2. The molecule has 2 atom stereocenters. The Bertz CT molecular complexity index is 1740. The van der Waals surface area contributed by atoms with Gasteiger partial charge in [0.25, 0.3) is 0 Å². The standard InChI is InChI=1S/C71H122NO8P/c1-3-5-7-9-11-13-15-17-19-21-23-25-26-27-28-29-30-31-32-33-34-35-36-37-38-39-40-41-42-44-46-48-50-52-54-56-58-60-62-64-71(74)80-69(68-79-81(75,76)78-66-65-72)67-77-70(73)63-61-59-57-55-53-51-49-47-45-43-24-22-20-18-16-14-12-10-8-6-4-2/h5,7,11,13,17,19,23,25,27-28,30-31,33-34,36-37,39-40,42,44,69H,3-4,6,8-10,12,14-16,18,20-22,24,26,29,32,35,38,41,43,45-68,72H2,1-2H3,(H,75,76)/b7-5-,13-11-,19-17-,25-23-,28-27-,31-30-,34-33-,37-36-,40-39-,44-42-. The number of carbonyl (C=O) groups is 2. The predicted molar refractivity (Wildman–Crippen MR) is 348 cm³/mol. The molecule has 0 amide bonds. The summed E-state index contributed by atoms with van der Waals surface area (Å²) in [6, 6.07) is 0. The van der Waals surface area contributed by atoms with Crippen molar-refractivity contribution in [3.05, 3.63) is 122 Å².